The lowest BCUT2D eigenvalue weighted by molar-refractivity contribution is -0.136. The first-order chi connectivity index (χ1) is 7.66. The molecule has 0 atom stereocenters. The number of hydrogen-bond acceptors (Lipinski definition) is 4. The first kappa shape index (κ1) is 11.0. The minimum Gasteiger partial charge on any atom is -0.481 e. The third kappa shape index (κ3) is 2.37. The Morgan fingerprint density at radius 1 is 1.50 bits per heavy atom. The summed E-state index contributed by atoms with van der Waals surface area (Å²) in [6.07, 6.45) is 2.82. The molecular weight excluding hydrogens is 248 g/mol. The van der Waals surface area contributed by atoms with E-state index in [9.17, 15) is 4.79 Å². The molecule has 0 aliphatic heterocycles. The molecule has 2 aromatic heterocycles. The van der Waals surface area contributed by atoms with Gasteiger partial charge in [0, 0.05) is 11.8 Å². The number of nitrogens with zero attached hydrogens (tertiary/aromatic N) is 2. The summed E-state index contributed by atoms with van der Waals surface area (Å²) in [4.78, 5) is 19.5. The van der Waals surface area contributed by atoms with Gasteiger partial charge in [-0.2, -0.15) is 0 Å². The minimum atomic E-state index is -0.904. The topological polar surface area (TPSA) is 63.1 Å². The number of carboxylic acid groups (broad SMARTS) is 1. The molecule has 82 valence electrons. The van der Waals surface area contributed by atoms with Crippen molar-refractivity contribution in [2.75, 3.05) is 0 Å². The molecular formula is C10H7ClN2O2S. The fraction of sp³-hybridized carbons (Fsp3) is 0.100. The van der Waals surface area contributed by atoms with Crippen molar-refractivity contribution < 1.29 is 9.90 Å². The number of aliphatic carboxylic acids is 1. The molecule has 4 nitrogen and oxygen atoms in total. The largest absolute Gasteiger partial charge is 0.481 e. The Bertz CT molecular complexity index is 527. The van der Waals surface area contributed by atoms with Gasteiger partial charge in [0.25, 0.3) is 0 Å². The number of carboxylic acids is 1. The Morgan fingerprint density at radius 2 is 2.31 bits per heavy atom. The summed E-state index contributed by atoms with van der Waals surface area (Å²) in [6.45, 7) is 0. The predicted octanol–water partition coefficient (Wildman–Crippen LogP) is 2.49. The molecule has 6 heteroatoms. The van der Waals surface area contributed by atoms with E-state index < -0.39 is 5.97 Å². The van der Waals surface area contributed by atoms with Crippen molar-refractivity contribution in [3.63, 3.8) is 0 Å². The minimum absolute atomic E-state index is 0.0916. The summed E-state index contributed by atoms with van der Waals surface area (Å²) >= 11 is 7.19. The van der Waals surface area contributed by atoms with Crippen LogP contribution in [0.3, 0.4) is 0 Å². The lowest BCUT2D eigenvalue weighted by Gasteiger charge is -2.02. The zero-order chi connectivity index (χ0) is 11.5. The Labute approximate surface area is 101 Å². The van der Waals surface area contributed by atoms with Crippen LogP contribution in [0.5, 0.6) is 0 Å². The van der Waals surface area contributed by atoms with Crippen LogP contribution in [0.2, 0.25) is 4.34 Å². The van der Waals surface area contributed by atoms with Gasteiger partial charge in [-0.3, -0.25) is 4.79 Å². The van der Waals surface area contributed by atoms with E-state index in [0.29, 0.717) is 15.6 Å². The van der Waals surface area contributed by atoms with Gasteiger partial charge in [0.1, 0.15) is 6.33 Å². The molecule has 1 N–H and O–H groups in total. The van der Waals surface area contributed by atoms with Crippen molar-refractivity contribution in [2.45, 2.75) is 6.42 Å². The second-order valence-electron chi connectivity index (χ2n) is 3.07. The van der Waals surface area contributed by atoms with Crippen LogP contribution in [-0.2, 0) is 11.2 Å². The lowest BCUT2D eigenvalue weighted by Crippen LogP contribution is -2.03. The number of aromatic nitrogens is 2. The molecule has 2 aromatic rings. The van der Waals surface area contributed by atoms with E-state index >= 15 is 0 Å². The number of halogens is 1. The third-order valence-electron chi connectivity index (χ3n) is 1.94. The molecule has 0 saturated heterocycles. The smallest absolute Gasteiger partial charge is 0.307 e. The van der Waals surface area contributed by atoms with Crippen LogP contribution >= 0.6 is 22.9 Å². The van der Waals surface area contributed by atoms with Crippen LogP contribution in [0.25, 0.3) is 10.6 Å². The van der Waals surface area contributed by atoms with Crippen LogP contribution in [0.4, 0.5) is 0 Å². The summed E-state index contributed by atoms with van der Waals surface area (Å²) < 4.78 is 0.648. The van der Waals surface area contributed by atoms with E-state index in [2.05, 4.69) is 9.97 Å². The van der Waals surface area contributed by atoms with Gasteiger partial charge in [0.2, 0.25) is 0 Å². The molecule has 0 radical (unpaired) electrons. The Hall–Kier alpha value is -1.46. The molecule has 0 spiro atoms. The van der Waals surface area contributed by atoms with Crippen molar-refractivity contribution in [1.29, 1.82) is 0 Å². The van der Waals surface area contributed by atoms with E-state index in [1.807, 2.05) is 6.07 Å². The SMILES string of the molecule is O=C(O)Cc1cncnc1-c1ccc(Cl)s1. The first-order valence-corrected chi connectivity index (χ1v) is 5.62. The highest BCUT2D eigenvalue weighted by molar-refractivity contribution is 7.19. The Kier molecular flexibility index (Phi) is 3.17. The highest BCUT2D eigenvalue weighted by atomic mass is 35.5. The van der Waals surface area contributed by atoms with Gasteiger partial charge < -0.3 is 5.11 Å². The first-order valence-electron chi connectivity index (χ1n) is 4.43. The molecule has 0 unspecified atom stereocenters. The highest BCUT2D eigenvalue weighted by Crippen LogP contribution is 2.31. The lowest BCUT2D eigenvalue weighted by atomic mass is 10.1. The second-order valence-corrected chi connectivity index (χ2v) is 4.79. The fourth-order valence-corrected chi connectivity index (χ4v) is 2.39. The van der Waals surface area contributed by atoms with E-state index in [-0.39, 0.29) is 6.42 Å². The van der Waals surface area contributed by atoms with Crippen molar-refractivity contribution in [3.05, 3.63) is 34.6 Å². The fourth-order valence-electron chi connectivity index (χ4n) is 1.31. The van der Waals surface area contributed by atoms with Gasteiger partial charge in [-0.05, 0) is 12.1 Å². The maximum atomic E-state index is 10.7. The second kappa shape index (κ2) is 4.59. The standard InChI is InChI=1S/C10H7ClN2O2S/c11-8-2-1-7(16-8)10-6(3-9(14)15)4-12-5-13-10/h1-2,4-5H,3H2,(H,14,15). The van der Waals surface area contributed by atoms with Crippen molar-refractivity contribution in [2.24, 2.45) is 0 Å². The van der Waals surface area contributed by atoms with E-state index in [4.69, 9.17) is 16.7 Å². The van der Waals surface area contributed by atoms with E-state index in [1.165, 1.54) is 23.9 Å². The third-order valence-corrected chi connectivity index (χ3v) is 3.17. The average Bonchev–Trinajstić information content (AvgIpc) is 2.65. The highest BCUT2D eigenvalue weighted by Gasteiger charge is 2.11. The number of carbonyl (C=O) groups is 1. The summed E-state index contributed by atoms with van der Waals surface area (Å²) in [5.41, 5.74) is 1.22. The quantitative estimate of drug-likeness (QED) is 0.914. The number of hydrogen-bond donors (Lipinski definition) is 1. The molecule has 0 saturated carbocycles. The maximum absolute atomic E-state index is 10.7. The molecule has 2 rings (SSSR count). The Balaban J connectivity index is 2.43. The molecule has 2 heterocycles. The average molecular weight is 255 g/mol. The van der Waals surface area contributed by atoms with Gasteiger partial charge in [-0.1, -0.05) is 11.6 Å². The summed E-state index contributed by atoms with van der Waals surface area (Å²) in [5.74, 6) is -0.904. The van der Waals surface area contributed by atoms with Gasteiger partial charge >= 0.3 is 5.97 Å². The monoisotopic (exact) mass is 254 g/mol. The van der Waals surface area contributed by atoms with Crippen LogP contribution in [-0.4, -0.2) is 21.0 Å². The van der Waals surface area contributed by atoms with Crippen molar-refractivity contribution in [1.82, 2.24) is 9.97 Å². The van der Waals surface area contributed by atoms with E-state index in [1.54, 1.807) is 6.07 Å². The maximum Gasteiger partial charge on any atom is 0.307 e. The molecule has 0 aliphatic carbocycles. The molecule has 0 aromatic carbocycles. The van der Waals surface area contributed by atoms with Crippen LogP contribution < -0.4 is 0 Å². The summed E-state index contributed by atoms with van der Waals surface area (Å²) in [6, 6.07) is 3.58. The summed E-state index contributed by atoms with van der Waals surface area (Å²) in [5, 5.41) is 8.77. The van der Waals surface area contributed by atoms with Crippen LogP contribution in [0.1, 0.15) is 5.56 Å². The van der Waals surface area contributed by atoms with Crippen molar-refractivity contribution in [3.8, 4) is 10.6 Å². The van der Waals surface area contributed by atoms with E-state index in [0.717, 1.165) is 4.88 Å². The zero-order valence-electron chi connectivity index (χ0n) is 8.05. The van der Waals surface area contributed by atoms with Gasteiger partial charge in [0.05, 0.1) is 21.3 Å². The number of rotatable bonds is 3. The van der Waals surface area contributed by atoms with Gasteiger partial charge in [-0.25, -0.2) is 9.97 Å². The summed E-state index contributed by atoms with van der Waals surface area (Å²) in [7, 11) is 0. The molecule has 0 fully saturated rings. The van der Waals surface area contributed by atoms with Crippen LogP contribution in [0, 0.1) is 0 Å². The predicted molar refractivity (Wildman–Crippen MR) is 61.7 cm³/mol. The van der Waals surface area contributed by atoms with Gasteiger partial charge in [-0.15, -0.1) is 11.3 Å². The molecule has 0 amide bonds. The number of thiophene rings is 1. The zero-order valence-corrected chi connectivity index (χ0v) is 9.63. The Morgan fingerprint density at radius 3 is 2.94 bits per heavy atom. The molecule has 0 aliphatic rings. The van der Waals surface area contributed by atoms with Crippen molar-refractivity contribution >= 4 is 28.9 Å². The molecule has 16 heavy (non-hydrogen) atoms. The molecule has 0 bridgehead atoms. The van der Waals surface area contributed by atoms with Crippen LogP contribution in [0.15, 0.2) is 24.7 Å². The normalized spacial score (nSPS) is 10.3. The van der Waals surface area contributed by atoms with Gasteiger partial charge in [0.15, 0.2) is 0 Å².